The van der Waals surface area contributed by atoms with Gasteiger partial charge in [-0.05, 0) is 27.7 Å². The van der Waals surface area contributed by atoms with Crippen LogP contribution in [0.4, 0.5) is 0 Å². The molecule has 0 saturated carbocycles. The Balaban J connectivity index is 4.03. The molecule has 0 aliphatic rings. The number of amides is 1. The lowest BCUT2D eigenvalue weighted by Crippen LogP contribution is -2.55. The monoisotopic (exact) mass is 242 g/mol. The SMILES string of the molecule is C#CCSCCNC(=O)C(C)(C)C(C)(C)N. The molecule has 1 amide bonds. The first-order chi connectivity index (χ1) is 7.23. The summed E-state index contributed by atoms with van der Waals surface area (Å²) in [5.74, 6) is 4.04. The quantitative estimate of drug-likeness (QED) is 0.544. The van der Waals surface area contributed by atoms with Crippen molar-refractivity contribution < 1.29 is 4.79 Å². The van der Waals surface area contributed by atoms with Gasteiger partial charge in [0.1, 0.15) is 0 Å². The molecule has 16 heavy (non-hydrogen) atoms. The summed E-state index contributed by atoms with van der Waals surface area (Å²) in [5.41, 5.74) is 4.86. The number of carbonyl (C=O) groups is 1. The lowest BCUT2D eigenvalue weighted by atomic mass is 9.74. The molecule has 0 aliphatic heterocycles. The highest BCUT2D eigenvalue weighted by molar-refractivity contribution is 7.99. The summed E-state index contributed by atoms with van der Waals surface area (Å²) < 4.78 is 0. The number of nitrogens with one attached hydrogen (secondary N) is 1. The van der Waals surface area contributed by atoms with Crippen LogP contribution in [0.3, 0.4) is 0 Å². The second-order valence-corrected chi connectivity index (χ2v) is 5.96. The number of carbonyl (C=O) groups excluding carboxylic acids is 1. The van der Waals surface area contributed by atoms with E-state index in [9.17, 15) is 4.79 Å². The van der Waals surface area contributed by atoms with E-state index in [0.717, 1.165) is 5.75 Å². The van der Waals surface area contributed by atoms with Crippen LogP contribution in [-0.2, 0) is 4.79 Å². The van der Waals surface area contributed by atoms with Gasteiger partial charge in [-0.15, -0.1) is 18.2 Å². The van der Waals surface area contributed by atoms with Gasteiger partial charge in [-0.3, -0.25) is 4.79 Å². The number of nitrogens with two attached hydrogens (primary N) is 1. The first-order valence-electron chi connectivity index (χ1n) is 5.32. The molecule has 0 bridgehead atoms. The normalized spacial score (nSPS) is 12.0. The maximum Gasteiger partial charge on any atom is 0.227 e. The number of hydrogen-bond acceptors (Lipinski definition) is 3. The van der Waals surface area contributed by atoms with Gasteiger partial charge >= 0.3 is 0 Å². The van der Waals surface area contributed by atoms with E-state index in [2.05, 4.69) is 11.2 Å². The van der Waals surface area contributed by atoms with E-state index in [4.69, 9.17) is 12.2 Å². The van der Waals surface area contributed by atoms with E-state index >= 15 is 0 Å². The summed E-state index contributed by atoms with van der Waals surface area (Å²) >= 11 is 1.63. The van der Waals surface area contributed by atoms with Crippen LogP contribution in [0.25, 0.3) is 0 Å². The Hall–Kier alpha value is -0.660. The van der Waals surface area contributed by atoms with Gasteiger partial charge < -0.3 is 11.1 Å². The zero-order chi connectivity index (χ0) is 12.8. The van der Waals surface area contributed by atoms with E-state index in [1.54, 1.807) is 11.8 Å². The van der Waals surface area contributed by atoms with Crippen molar-refractivity contribution in [2.75, 3.05) is 18.1 Å². The Morgan fingerprint density at radius 1 is 1.44 bits per heavy atom. The molecule has 0 aliphatic carbocycles. The van der Waals surface area contributed by atoms with Gasteiger partial charge in [0.05, 0.1) is 11.2 Å². The molecule has 3 N–H and O–H groups in total. The average Bonchev–Trinajstić information content (AvgIpc) is 2.15. The smallest absolute Gasteiger partial charge is 0.227 e. The molecule has 0 radical (unpaired) electrons. The molecule has 0 aromatic heterocycles. The lowest BCUT2D eigenvalue weighted by Gasteiger charge is -2.36. The highest BCUT2D eigenvalue weighted by Crippen LogP contribution is 2.28. The van der Waals surface area contributed by atoms with Gasteiger partial charge in [0.15, 0.2) is 0 Å². The van der Waals surface area contributed by atoms with Crippen LogP contribution in [0, 0.1) is 17.8 Å². The first kappa shape index (κ1) is 15.3. The molecule has 0 heterocycles. The fourth-order valence-electron chi connectivity index (χ4n) is 0.881. The summed E-state index contributed by atoms with van der Waals surface area (Å²) in [6.45, 7) is 8.07. The standard InChI is InChI=1S/C12H22N2OS/c1-6-8-16-9-7-14-10(15)11(2,3)12(4,5)13/h1H,7-9,13H2,2-5H3,(H,14,15). The van der Waals surface area contributed by atoms with Gasteiger partial charge in [0.2, 0.25) is 5.91 Å². The molecule has 0 atom stereocenters. The Kier molecular flexibility index (Phi) is 5.91. The molecule has 0 fully saturated rings. The fraction of sp³-hybridized carbons (Fsp3) is 0.750. The second-order valence-electron chi connectivity index (χ2n) is 4.86. The second kappa shape index (κ2) is 6.17. The zero-order valence-electron chi connectivity index (χ0n) is 10.6. The Labute approximate surface area is 103 Å². The average molecular weight is 242 g/mol. The van der Waals surface area contributed by atoms with E-state index in [0.29, 0.717) is 12.3 Å². The minimum absolute atomic E-state index is 0.0127. The first-order valence-corrected chi connectivity index (χ1v) is 6.47. The van der Waals surface area contributed by atoms with Gasteiger partial charge in [-0.25, -0.2) is 0 Å². The minimum Gasteiger partial charge on any atom is -0.355 e. The molecule has 0 aromatic rings. The predicted octanol–water partition coefficient (Wildman–Crippen LogP) is 1.23. The maximum atomic E-state index is 11.9. The summed E-state index contributed by atoms with van der Waals surface area (Å²) in [4.78, 5) is 11.9. The molecule has 0 spiro atoms. The van der Waals surface area contributed by atoms with Crippen LogP contribution >= 0.6 is 11.8 Å². The largest absolute Gasteiger partial charge is 0.355 e. The van der Waals surface area contributed by atoms with Crippen molar-refractivity contribution in [1.29, 1.82) is 0 Å². The molecule has 4 heteroatoms. The zero-order valence-corrected chi connectivity index (χ0v) is 11.4. The minimum atomic E-state index is -0.580. The fourth-order valence-corrected chi connectivity index (χ4v) is 1.39. The van der Waals surface area contributed by atoms with Crippen LogP contribution in [0.5, 0.6) is 0 Å². The summed E-state index contributed by atoms with van der Waals surface area (Å²) in [6, 6.07) is 0. The van der Waals surface area contributed by atoms with Crippen LogP contribution in [0.2, 0.25) is 0 Å². The number of terminal acetylenes is 1. The third-order valence-electron chi connectivity index (χ3n) is 2.90. The third kappa shape index (κ3) is 4.46. The van der Waals surface area contributed by atoms with Crippen molar-refractivity contribution in [3.8, 4) is 12.3 Å². The van der Waals surface area contributed by atoms with E-state index in [1.807, 2.05) is 27.7 Å². The van der Waals surface area contributed by atoms with Gasteiger partial charge in [-0.2, -0.15) is 0 Å². The highest BCUT2D eigenvalue weighted by atomic mass is 32.2. The highest BCUT2D eigenvalue weighted by Gasteiger charge is 2.39. The number of thioether (sulfide) groups is 1. The topological polar surface area (TPSA) is 55.1 Å². The molecular formula is C12H22N2OS. The molecule has 0 unspecified atom stereocenters. The molecular weight excluding hydrogens is 220 g/mol. The van der Waals surface area contributed by atoms with Crippen molar-refractivity contribution in [2.24, 2.45) is 11.1 Å². The lowest BCUT2D eigenvalue weighted by molar-refractivity contribution is -0.132. The van der Waals surface area contributed by atoms with Gasteiger partial charge in [-0.1, -0.05) is 5.92 Å². The number of rotatable bonds is 6. The summed E-state index contributed by atoms with van der Waals surface area (Å²) in [6.07, 6.45) is 5.12. The van der Waals surface area contributed by atoms with E-state index in [-0.39, 0.29) is 5.91 Å². The Morgan fingerprint density at radius 3 is 2.44 bits per heavy atom. The van der Waals surface area contributed by atoms with Crippen molar-refractivity contribution in [3.05, 3.63) is 0 Å². The van der Waals surface area contributed by atoms with E-state index in [1.165, 1.54) is 0 Å². The van der Waals surface area contributed by atoms with Crippen molar-refractivity contribution in [2.45, 2.75) is 33.2 Å². The van der Waals surface area contributed by atoms with Gasteiger partial charge in [0.25, 0.3) is 0 Å². The molecule has 0 rings (SSSR count). The molecule has 0 saturated heterocycles. The van der Waals surface area contributed by atoms with Gasteiger partial charge in [0, 0.05) is 17.8 Å². The van der Waals surface area contributed by atoms with Crippen molar-refractivity contribution in [3.63, 3.8) is 0 Å². The van der Waals surface area contributed by atoms with Crippen molar-refractivity contribution in [1.82, 2.24) is 5.32 Å². The van der Waals surface area contributed by atoms with Crippen molar-refractivity contribution >= 4 is 17.7 Å². The number of hydrogen-bond donors (Lipinski definition) is 2. The molecule has 3 nitrogen and oxygen atoms in total. The third-order valence-corrected chi connectivity index (χ3v) is 3.76. The molecule has 0 aromatic carbocycles. The summed E-state index contributed by atoms with van der Waals surface area (Å²) in [7, 11) is 0. The van der Waals surface area contributed by atoms with E-state index < -0.39 is 11.0 Å². The van der Waals surface area contributed by atoms with Crippen LogP contribution < -0.4 is 11.1 Å². The maximum absolute atomic E-state index is 11.9. The van der Waals surface area contributed by atoms with Crippen LogP contribution in [0.15, 0.2) is 0 Å². The Morgan fingerprint density at radius 2 is 2.00 bits per heavy atom. The van der Waals surface area contributed by atoms with Crippen LogP contribution in [0.1, 0.15) is 27.7 Å². The predicted molar refractivity (Wildman–Crippen MR) is 71.2 cm³/mol. The van der Waals surface area contributed by atoms with Crippen LogP contribution in [-0.4, -0.2) is 29.5 Å². The summed E-state index contributed by atoms with van der Waals surface area (Å²) in [5, 5.41) is 2.88. The Bertz CT molecular complexity index is 274. The molecule has 92 valence electrons.